The molecule has 0 radical (unpaired) electrons. The van der Waals surface area contributed by atoms with E-state index < -0.39 is 0 Å². The first kappa shape index (κ1) is 106. The van der Waals surface area contributed by atoms with Gasteiger partial charge in [0.05, 0.1) is 96.5 Å². The SMILES string of the molecule is COc1c(CC(=O)c2cccc(C#N)c2)cnc2c1c(C1CCN(C(=O)C3CCCC3)CC1)cn2C.COc1c(CC(=O)c2cccc(C#N)c2)cnc2c1c(C1CCN(C(=O)[C@H](C)C(C)(C)C)CC1)cn2C.COc1c(CC(=O)c2cccc(C#N)c2)cnc2c1c(C1CCN(C(=O)[C@H](C)C(C)C)CC1)cn2C.COc1c(CC(=O)c2cccc(C#N)c2)cnc2c1c(C1CCN(C(=O)c3cccc4c3CCC4)CC1)cn2C. The van der Waals surface area contributed by atoms with Gasteiger partial charge in [0.25, 0.3) is 5.91 Å². The van der Waals surface area contributed by atoms with Gasteiger partial charge in [-0.3, -0.25) is 38.4 Å². The highest BCUT2D eigenvalue weighted by molar-refractivity contribution is 6.04. The first-order valence-corrected chi connectivity index (χ1v) is 52.2. The number of carbonyl (C=O) groups excluding carboxylic acids is 8. The summed E-state index contributed by atoms with van der Waals surface area (Å²) in [4.78, 5) is 131. The Morgan fingerprint density at radius 3 is 0.966 bits per heavy atom. The zero-order valence-corrected chi connectivity index (χ0v) is 88.4. The van der Waals surface area contributed by atoms with Crippen molar-refractivity contribution in [1.82, 2.24) is 57.8 Å². The smallest absolute Gasteiger partial charge is 0.254 e. The van der Waals surface area contributed by atoms with E-state index >= 15 is 0 Å². The predicted octanol–water partition coefficient (Wildman–Crippen LogP) is 20.3. The standard InChI is InChI=1S/C33H32N4O3.C30H36N4O3.C29H32N4O3.C29H34N4O3/c1-36-20-28(23-12-14-37(15-13-23)33(39)27-11-5-8-22-7-4-10-26(22)27)30-31(40-2)25(19-35-32(30)36)17-29(38)24-9-3-6-21(16-24)18-34;1-19(30(2,3)4)29(36)34-12-10-21(11-13-34)24-18-33(5)28-26(24)27(37-6)23(17-32-28)15-25(35)22-9-7-8-20(14-22)16-31;1-32-18-24(20-10-12-33(13-11-20)29(35)21-7-3-4-8-21)26-27(36-2)23(17-31-28(26)32)15-25(34)22-9-5-6-19(14-22)16-30;1-18(2)19(3)29(35)33-11-9-21(10-12-33)24-17-32(4)28-26(24)27(36-5)23(16-31-28)14-25(34)22-8-6-7-20(13-22)15-30/h3,5-6,8-9,11,16,19-20,23H,4,7,10,12-15,17H2,1-2H3;7-9,14,17-19,21H,10-13,15H2,1-6H3;5-6,9,14,17-18,20-21H,3-4,7-8,10-13,15H2,1-2H3;6-8,13,16-19,21H,9-12,14H2,1-5H3/t;19-;;19-/m.0.1/s1. The number of ether oxygens (including phenoxy) is 4. The molecule has 13 aromatic rings. The van der Waals surface area contributed by atoms with E-state index in [4.69, 9.17) is 33.9 Å². The van der Waals surface area contributed by atoms with Crippen LogP contribution in [0.4, 0.5) is 0 Å². The largest absolute Gasteiger partial charge is 0.496 e. The summed E-state index contributed by atoms with van der Waals surface area (Å²) in [6, 6.07) is 41.5. The van der Waals surface area contributed by atoms with Crippen molar-refractivity contribution in [2.24, 2.45) is 57.3 Å². The fourth-order valence-corrected chi connectivity index (χ4v) is 22.6. The van der Waals surface area contributed by atoms with Crippen LogP contribution in [0.25, 0.3) is 44.1 Å². The number of Topliss-reactive ketones (excluding diaryl/α,β-unsaturated/α-hetero) is 4. The molecule has 770 valence electrons. The molecular formula is C121H134N16O12. The first-order valence-electron chi connectivity index (χ1n) is 52.2. The Morgan fingerprint density at radius 1 is 0.376 bits per heavy atom. The molecule has 1 saturated carbocycles. The number of hydrogen-bond acceptors (Lipinski definition) is 20. The summed E-state index contributed by atoms with van der Waals surface area (Å²) in [5, 5.41) is 40.5. The second kappa shape index (κ2) is 46.8. The number of rotatable bonds is 25. The second-order valence-corrected chi connectivity index (χ2v) is 42.3. The summed E-state index contributed by atoms with van der Waals surface area (Å²) in [5.41, 5.74) is 18.0. The van der Waals surface area contributed by atoms with Crippen molar-refractivity contribution in [3.63, 3.8) is 0 Å². The number of hydrogen-bond donors (Lipinski definition) is 0. The lowest BCUT2D eigenvalue weighted by Crippen LogP contribution is -2.43. The van der Waals surface area contributed by atoms with E-state index in [0.717, 1.165) is 211 Å². The van der Waals surface area contributed by atoms with Gasteiger partial charge in [-0.1, -0.05) is 122 Å². The number of methoxy groups -OCH3 is 4. The molecule has 149 heavy (non-hydrogen) atoms. The third-order valence-electron chi connectivity index (χ3n) is 31.7. The molecule has 19 rings (SSSR count). The van der Waals surface area contributed by atoms with Crippen LogP contribution in [-0.4, -0.2) is 185 Å². The van der Waals surface area contributed by atoms with E-state index in [2.05, 4.69) is 99.6 Å². The molecule has 5 aromatic carbocycles. The molecule has 5 fully saturated rings. The van der Waals surface area contributed by atoms with Crippen molar-refractivity contribution in [3.05, 3.63) is 271 Å². The third-order valence-corrected chi connectivity index (χ3v) is 31.7. The number of nitrogens with zero attached hydrogens (tertiary/aromatic N) is 16. The van der Waals surface area contributed by atoms with Crippen LogP contribution in [0.15, 0.2) is 165 Å². The fraction of sp³-hybridized carbons (Fsp3) is 0.421. The van der Waals surface area contributed by atoms with E-state index in [1.165, 1.54) is 29.5 Å². The number of aryl methyl sites for hydroxylation is 5. The molecule has 2 aliphatic carbocycles. The van der Waals surface area contributed by atoms with Gasteiger partial charge in [0, 0.05) is 224 Å². The normalized spacial score (nSPS) is 15.7. The van der Waals surface area contributed by atoms with Gasteiger partial charge in [-0.05, 0) is 206 Å². The first-order chi connectivity index (χ1) is 71.8. The van der Waals surface area contributed by atoms with Crippen molar-refractivity contribution < 1.29 is 57.3 Å². The molecular weight excluding hydrogens is 1870 g/mol. The topological polar surface area (TPSA) is 353 Å². The lowest BCUT2D eigenvalue weighted by atomic mass is 9.80. The van der Waals surface area contributed by atoms with Crippen LogP contribution in [0.1, 0.15) is 285 Å². The molecule has 28 nitrogen and oxygen atoms in total. The molecule has 6 aliphatic rings. The maximum absolute atomic E-state index is 13.5. The van der Waals surface area contributed by atoms with Crippen LogP contribution in [0.5, 0.6) is 23.0 Å². The Morgan fingerprint density at radius 2 is 0.671 bits per heavy atom. The fourth-order valence-electron chi connectivity index (χ4n) is 22.6. The highest BCUT2D eigenvalue weighted by Gasteiger charge is 2.39. The van der Waals surface area contributed by atoms with Crippen LogP contribution in [0.3, 0.4) is 0 Å². The minimum atomic E-state index is -0.0896. The maximum Gasteiger partial charge on any atom is 0.254 e. The summed E-state index contributed by atoms with van der Waals surface area (Å²) in [6.07, 6.45) is 30.5. The number of likely N-dealkylation sites (tertiary alicyclic amines) is 4. The van der Waals surface area contributed by atoms with Crippen molar-refractivity contribution in [2.75, 3.05) is 80.8 Å². The zero-order chi connectivity index (χ0) is 106. The van der Waals surface area contributed by atoms with Gasteiger partial charge < -0.3 is 56.8 Å². The van der Waals surface area contributed by atoms with Crippen molar-refractivity contribution in [2.45, 2.75) is 194 Å². The van der Waals surface area contributed by atoms with Crippen LogP contribution < -0.4 is 18.9 Å². The Hall–Kier alpha value is -15.4. The number of ketones is 4. The Kier molecular flexibility index (Phi) is 33.4. The van der Waals surface area contributed by atoms with Gasteiger partial charge in [0.15, 0.2) is 23.1 Å². The van der Waals surface area contributed by atoms with Gasteiger partial charge in [0.2, 0.25) is 17.7 Å². The molecule has 12 heterocycles. The maximum atomic E-state index is 13.5. The number of piperidine rings is 4. The highest BCUT2D eigenvalue weighted by Crippen LogP contribution is 2.47. The number of nitriles is 4. The molecule has 28 heteroatoms. The monoisotopic (exact) mass is 2000 g/mol. The van der Waals surface area contributed by atoms with Crippen molar-refractivity contribution in [3.8, 4) is 47.3 Å². The molecule has 4 amide bonds. The number of aromatic nitrogens is 8. The number of carbonyl (C=O) groups is 8. The van der Waals surface area contributed by atoms with Crippen LogP contribution in [0.2, 0.25) is 0 Å². The number of fused-ring (bicyclic) bond motifs is 5. The number of pyridine rings is 4. The van der Waals surface area contributed by atoms with E-state index in [1.54, 1.807) is 150 Å². The van der Waals surface area contributed by atoms with Crippen LogP contribution >= 0.6 is 0 Å². The van der Waals surface area contributed by atoms with Crippen molar-refractivity contribution in [1.29, 1.82) is 21.0 Å². The van der Waals surface area contributed by atoms with Gasteiger partial charge >= 0.3 is 0 Å². The predicted molar refractivity (Wildman–Crippen MR) is 572 cm³/mol. The van der Waals surface area contributed by atoms with Crippen molar-refractivity contribution >= 4 is 90.9 Å². The Balaban J connectivity index is 0.000000142. The summed E-state index contributed by atoms with van der Waals surface area (Å²) in [7, 11) is 14.4. The molecule has 4 aliphatic heterocycles. The summed E-state index contributed by atoms with van der Waals surface area (Å²) in [5.74, 6) is 4.95. The van der Waals surface area contributed by atoms with Crippen LogP contribution in [0, 0.1) is 74.4 Å². The Labute approximate surface area is 871 Å². The molecule has 8 aromatic heterocycles. The average molecular weight is 2000 g/mol. The van der Waals surface area contributed by atoms with E-state index in [0.29, 0.717) is 98.3 Å². The van der Waals surface area contributed by atoms with Crippen LogP contribution in [-0.2, 0) is 81.1 Å². The Bertz CT molecular complexity index is 7250. The van der Waals surface area contributed by atoms with E-state index in [9.17, 15) is 59.4 Å². The lowest BCUT2D eigenvalue weighted by molar-refractivity contribution is -0.139. The summed E-state index contributed by atoms with van der Waals surface area (Å²) < 4.78 is 31.6. The van der Waals surface area contributed by atoms with Gasteiger partial charge in [-0.2, -0.15) is 21.0 Å². The zero-order valence-electron chi connectivity index (χ0n) is 88.4. The van der Waals surface area contributed by atoms with Gasteiger partial charge in [-0.25, -0.2) is 19.9 Å². The second-order valence-electron chi connectivity index (χ2n) is 42.3. The van der Waals surface area contributed by atoms with Gasteiger partial charge in [-0.15, -0.1) is 0 Å². The minimum Gasteiger partial charge on any atom is -0.496 e. The molecule has 0 bridgehead atoms. The summed E-state index contributed by atoms with van der Waals surface area (Å²) in [6.45, 7) is 20.4. The molecule has 0 unspecified atom stereocenters. The molecule has 4 saturated heterocycles. The van der Waals surface area contributed by atoms with E-state index in [-0.39, 0.29) is 107 Å². The summed E-state index contributed by atoms with van der Waals surface area (Å²) >= 11 is 0. The minimum absolute atomic E-state index is 0.0253. The molecule has 2 atom stereocenters. The quantitative estimate of drug-likeness (QED) is 0.0480. The molecule has 0 N–H and O–H groups in total. The van der Waals surface area contributed by atoms with Gasteiger partial charge in [0.1, 0.15) is 45.6 Å². The number of amides is 4. The third kappa shape index (κ3) is 23.0. The lowest BCUT2D eigenvalue weighted by Gasteiger charge is -2.36. The van der Waals surface area contributed by atoms with E-state index in [1.807, 2.05) is 87.1 Å². The highest BCUT2D eigenvalue weighted by atomic mass is 16.5. The average Bonchev–Trinajstić information content (AvgIpc) is 1.54. The molecule has 0 spiro atoms. The number of benzene rings is 5.